The van der Waals surface area contributed by atoms with E-state index in [1.165, 1.54) is 11.1 Å². The van der Waals surface area contributed by atoms with Crippen LogP contribution in [0.25, 0.3) is 0 Å². The van der Waals surface area contributed by atoms with E-state index in [-0.39, 0.29) is 6.17 Å². The first-order valence-corrected chi connectivity index (χ1v) is 6.98. The zero-order chi connectivity index (χ0) is 13.1. The predicted octanol–water partition coefficient (Wildman–Crippen LogP) is 0.670. The first kappa shape index (κ1) is 13.5. The van der Waals surface area contributed by atoms with Crippen LogP contribution in [-0.2, 0) is 4.74 Å². The SMILES string of the molecule is CCC1OCC(=CCC2C=CC(C([NH3+])[NH3+])=C2)C1C. The fourth-order valence-corrected chi connectivity index (χ4v) is 2.73. The fraction of sp³-hybridized carbons (Fsp3) is 0.600. The maximum atomic E-state index is 5.78. The van der Waals surface area contributed by atoms with Crippen molar-refractivity contribution in [3.05, 3.63) is 35.5 Å². The Morgan fingerprint density at radius 3 is 2.83 bits per heavy atom. The molecule has 2 aliphatic rings. The zero-order valence-corrected chi connectivity index (χ0v) is 11.6. The summed E-state index contributed by atoms with van der Waals surface area (Å²) in [5.74, 6) is 1.10. The molecule has 0 amide bonds. The van der Waals surface area contributed by atoms with Crippen molar-refractivity contribution in [2.75, 3.05) is 6.61 Å². The van der Waals surface area contributed by atoms with Gasteiger partial charge in [0.05, 0.1) is 18.3 Å². The quantitative estimate of drug-likeness (QED) is 0.559. The molecule has 0 spiro atoms. The molecule has 1 fully saturated rings. The zero-order valence-electron chi connectivity index (χ0n) is 11.6. The van der Waals surface area contributed by atoms with E-state index < -0.39 is 0 Å². The highest BCUT2D eigenvalue weighted by atomic mass is 16.5. The summed E-state index contributed by atoms with van der Waals surface area (Å²) in [5.41, 5.74) is 10.7. The minimum Gasteiger partial charge on any atom is -0.373 e. The summed E-state index contributed by atoms with van der Waals surface area (Å²) in [6, 6.07) is 0. The van der Waals surface area contributed by atoms with Gasteiger partial charge in [-0.3, -0.25) is 0 Å². The summed E-state index contributed by atoms with van der Waals surface area (Å²) in [5, 5.41) is 0. The lowest BCUT2D eigenvalue weighted by Crippen LogP contribution is -2.84. The Kier molecular flexibility index (Phi) is 4.38. The normalized spacial score (nSPS) is 33.7. The number of rotatable bonds is 4. The third-order valence-corrected chi connectivity index (χ3v) is 4.07. The summed E-state index contributed by atoms with van der Waals surface area (Å²) in [6.07, 6.45) is 11.8. The van der Waals surface area contributed by atoms with Crippen LogP contribution in [0.4, 0.5) is 0 Å². The smallest absolute Gasteiger partial charge is 0.233 e. The van der Waals surface area contributed by atoms with Crippen molar-refractivity contribution in [2.24, 2.45) is 11.8 Å². The lowest BCUT2D eigenvalue weighted by molar-refractivity contribution is -0.642. The van der Waals surface area contributed by atoms with Crippen LogP contribution in [0.3, 0.4) is 0 Å². The van der Waals surface area contributed by atoms with Crippen molar-refractivity contribution in [3.63, 3.8) is 0 Å². The molecule has 18 heavy (non-hydrogen) atoms. The highest BCUT2D eigenvalue weighted by molar-refractivity contribution is 5.31. The Balaban J connectivity index is 1.91. The highest BCUT2D eigenvalue weighted by Gasteiger charge is 2.27. The third kappa shape index (κ3) is 2.91. The van der Waals surface area contributed by atoms with Gasteiger partial charge in [-0.25, -0.2) is 0 Å². The highest BCUT2D eigenvalue weighted by Crippen LogP contribution is 2.29. The second-order valence-corrected chi connectivity index (χ2v) is 5.45. The summed E-state index contributed by atoms with van der Waals surface area (Å²) in [7, 11) is 0. The van der Waals surface area contributed by atoms with Crippen LogP contribution in [0.2, 0.25) is 0 Å². The molecule has 0 radical (unpaired) electrons. The Labute approximate surface area is 110 Å². The largest absolute Gasteiger partial charge is 0.373 e. The summed E-state index contributed by atoms with van der Waals surface area (Å²) < 4.78 is 5.78. The topological polar surface area (TPSA) is 64.5 Å². The van der Waals surface area contributed by atoms with Crippen molar-refractivity contribution in [1.82, 2.24) is 0 Å². The van der Waals surface area contributed by atoms with E-state index in [0.29, 0.717) is 17.9 Å². The lowest BCUT2D eigenvalue weighted by atomic mass is 9.94. The molecule has 0 saturated carbocycles. The van der Waals surface area contributed by atoms with Crippen LogP contribution in [0.5, 0.6) is 0 Å². The van der Waals surface area contributed by atoms with E-state index in [9.17, 15) is 0 Å². The molecule has 1 heterocycles. The van der Waals surface area contributed by atoms with Gasteiger partial charge in [0, 0.05) is 5.92 Å². The third-order valence-electron chi connectivity index (χ3n) is 4.07. The standard InChI is InChI=1S/C15H24N2O/c1-3-14-10(2)13(9-18-14)7-5-11-4-6-12(8-11)15(16)17/h4,6-8,10-11,14-15H,3,5,9,16-17H2,1-2H3/p+2. The van der Waals surface area contributed by atoms with Gasteiger partial charge in [0.15, 0.2) is 0 Å². The van der Waals surface area contributed by atoms with E-state index in [0.717, 1.165) is 19.4 Å². The molecule has 0 bridgehead atoms. The molecule has 0 aromatic heterocycles. The average Bonchev–Trinajstić information content (AvgIpc) is 2.93. The molecule has 1 aliphatic heterocycles. The van der Waals surface area contributed by atoms with Gasteiger partial charge in [0.2, 0.25) is 6.17 Å². The molecule has 3 atom stereocenters. The van der Waals surface area contributed by atoms with Gasteiger partial charge in [-0.05, 0) is 24.3 Å². The maximum Gasteiger partial charge on any atom is 0.233 e. The van der Waals surface area contributed by atoms with Crippen molar-refractivity contribution in [3.8, 4) is 0 Å². The van der Waals surface area contributed by atoms with Gasteiger partial charge in [-0.1, -0.05) is 38.2 Å². The van der Waals surface area contributed by atoms with Crippen molar-refractivity contribution in [2.45, 2.75) is 39.0 Å². The van der Waals surface area contributed by atoms with Gasteiger partial charge in [0.1, 0.15) is 0 Å². The Bertz CT molecular complexity index is 382. The molecule has 1 saturated heterocycles. The predicted molar refractivity (Wildman–Crippen MR) is 72.2 cm³/mol. The number of allylic oxidation sites excluding steroid dienone is 3. The van der Waals surface area contributed by atoms with Gasteiger partial charge in [-0.2, -0.15) is 0 Å². The Morgan fingerprint density at radius 1 is 1.50 bits per heavy atom. The van der Waals surface area contributed by atoms with Crippen LogP contribution >= 0.6 is 0 Å². The monoisotopic (exact) mass is 250 g/mol. The van der Waals surface area contributed by atoms with Crippen LogP contribution in [-0.4, -0.2) is 18.9 Å². The first-order valence-electron chi connectivity index (χ1n) is 6.98. The molecule has 3 nitrogen and oxygen atoms in total. The van der Waals surface area contributed by atoms with Gasteiger partial charge >= 0.3 is 0 Å². The molecule has 6 N–H and O–H groups in total. The molecule has 0 aromatic rings. The van der Waals surface area contributed by atoms with Crippen LogP contribution in [0, 0.1) is 11.8 Å². The van der Waals surface area contributed by atoms with Crippen LogP contribution < -0.4 is 11.5 Å². The minimum atomic E-state index is 0.150. The molecule has 3 heteroatoms. The lowest BCUT2D eigenvalue weighted by Gasteiger charge is -2.11. The van der Waals surface area contributed by atoms with E-state index in [4.69, 9.17) is 4.74 Å². The molecule has 100 valence electrons. The van der Waals surface area contributed by atoms with Crippen molar-refractivity contribution < 1.29 is 16.2 Å². The van der Waals surface area contributed by atoms with E-state index in [2.05, 4.69) is 49.6 Å². The molecular weight excluding hydrogens is 224 g/mol. The Morgan fingerprint density at radius 2 is 2.28 bits per heavy atom. The molecular formula is C15H26N2O+2. The number of hydrogen-bond acceptors (Lipinski definition) is 1. The summed E-state index contributed by atoms with van der Waals surface area (Å²) >= 11 is 0. The van der Waals surface area contributed by atoms with Crippen LogP contribution in [0.1, 0.15) is 26.7 Å². The molecule has 3 unspecified atom stereocenters. The minimum absolute atomic E-state index is 0.150. The first-order chi connectivity index (χ1) is 8.61. The summed E-state index contributed by atoms with van der Waals surface area (Å²) in [6.45, 7) is 5.29. The van der Waals surface area contributed by atoms with Gasteiger partial charge in [-0.15, -0.1) is 0 Å². The molecule has 1 aliphatic carbocycles. The average molecular weight is 250 g/mol. The summed E-state index contributed by atoms with van der Waals surface area (Å²) in [4.78, 5) is 0. The number of ether oxygens (including phenoxy) is 1. The van der Waals surface area contributed by atoms with E-state index in [1.807, 2.05) is 0 Å². The molecule has 2 rings (SSSR count). The van der Waals surface area contributed by atoms with Crippen molar-refractivity contribution >= 4 is 0 Å². The molecule has 0 aromatic carbocycles. The van der Waals surface area contributed by atoms with Crippen molar-refractivity contribution in [1.29, 1.82) is 0 Å². The second kappa shape index (κ2) is 5.83. The number of quaternary nitrogens is 2. The Hall–Kier alpha value is -0.900. The number of hydrogen-bond donors (Lipinski definition) is 2. The van der Waals surface area contributed by atoms with Gasteiger partial charge < -0.3 is 16.2 Å². The van der Waals surface area contributed by atoms with Gasteiger partial charge in [0.25, 0.3) is 0 Å². The van der Waals surface area contributed by atoms with E-state index >= 15 is 0 Å². The second-order valence-electron chi connectivity index (χ2n) is 5.45. The van der Waals surface area contributed by atoms with E-state index in [1.54, 1.807) is 0 Å². The fourth-order valence-electron chi connectivity index (χ4n) is 2.73. The maximum absolute atomic E-state index is 5.78. The van der Waals surface area contributed by atoms with Crippen LogP contribution in [0.15, 0.2) is 35.5 Å².